The maximum Gasteiger partial charge on any atom is 0.227 e. The first kappa shape index (κ1) is 15.3. The summed E-state index contributed by atoms with van der Waals surface area (Å²) in [6, 6.07) is 16.5. The zero-order valence-electron chi connectivity index (χ0n) is 14.7. The van der Waals surface area contributed by atoms with Gasteiger partial charge in [-0.3, -0.25) is 4.79 Å². The highest BCUT2D eigenvalue weighted by Crippen LogP contribution is 2.31. The summed E-state index contributed by atoms with van der Waals surface area (Å²) in [5.74, 6) is 0.153. The van der Waals surface area contributed by atoms with E-state index in [1.54, 1.807) is 6.26 Å². The van der Waals surface area contributed by atoms with E-state index in [9.17, 15) is 4.79 Å². The molecule has 0 aliphatic carbocycles. The van der Waals surface area contributed by atoms with Crippen LogP contribution in [0.15, 0.2) is 65.4 Å². The van der Waals surface area contributed by atoms with Gasteiger partial charge in [-0.1, -0.05) is 30.3 Å². The second-order valence-corrected chi connectivity index (χ2v) is 6.99. The van der Waals surface area contributed by atoms with Crippen molar-refractivity contribution in [3.63, 3.8) is 0 Å². The van der Waals surface area contributed by atoms with E-state index in [0.717, 1.165) is 35.0 Å². The number of fused-ring (bicyclic) bond motifs is 4. The number of benzene rings is 2. The number of hydrogen-bond donors (Lipinski definition) is 0. The summed E-state index contributed by atoms with van der Waals surface area (Å²) in [5.41, 5.74) is 3.01. The average Bonchev–Trinajstić information content (AvgIpc) is 3.29. The lowest BCUT2D eigenvalue weighted by atomic mass is 10.0. The van der Waals surface area contributed by atoms with Crippen LogP contribution in [-0.4, -0.2) is 21.9 Å². The molecule has 2 aromatic carbocycles. The Morgan fingerprint density at radius 1 is 1.12 bits per heavy atom. The Morgan fingerprint density at radius 2 is 2.00 bits per heavy atom. The van der Waals surface area contributed by atoms with Crippen LogP contribution < -0.4 is 0 Å². The van der Waals surface area contributed by atoms with E-state index in [-0.39, 0.29) is 11.9 Å². The molecule has 1 atom stereocenters. The smallest absolute Gasteiger partial charge is 0.227 e. The van der Waals surface area contributed by atoms with Gasteiger partial charge in [0.25, 0.3) is 0 Å². The molecule has 0 N–H and O–H groups in total. The SMILES string of the molecule is CC1c2cccn2CCN1C(=O)Cc1coc2ccc3ccccc3c12. The molecule has 1 unspecified atom stereocenters. The van der Waals surface area contributed by atoms with E-state index in [0.29, 0.717) is 6.42 Å². The van der Waals surface area contributed by atoms with E-state index < -0.39 is 0 Å². The summed E-state index contributed by atoms with van der Waals surface area (Å²) in [6.45, 7) is 3.71. The summed E-state index contributed by atoms with van der Waals surface area (Å²) < 4.78 is 7.97. The van der Waals surface area contributed by atoms with Gasteiger partial charge in [0.1, 0.15) is 5.58 Å². The molecule has 130 valence electrons. The van der Waals surface area contributed by atoms with Gasteiger partial charge in [-0.2, -0.15) is 0 Å². The number of furan rings is 1. The van der Waals surface area contributed by atoms with E-state index in [2.05, 4.69) is 48.0 Å². The summed E-state index contributed by atoms with van der Waals surface area (Å²) in [6.07, 6.45) is 4.20. The molecule has 0 radical (unpaired) electrons. The normalized spacial score (nSPS) is 17.0. The fourth-order valence-electron chi connectivity index (χ4n) is 4.19. The van der Waals surface area contributed by atoms with Crippen molar-refractivity contribution in [1.82, 2.24) is 9.47 Å². The number of carbonyl (C=O) groups excluding carboxylic acids is 1. The highest BCUT2D eigenvalue weighted by molar-refractivity contribution is 6.08. The predicted octanol–water partition coefficient (Wildman–Crippen LogP) is 4.53. The number of hydrogen-bond acceptors (Lipinski definition) is 2. The summed E-state index contributed by atoms with van der Waals surface area (Å²) in [5, 5.41) is 3.37. The second-order valence-electron chi connectivity index (χ2n) is 6.99. The molecular formula is C22H20N2O2. The molecule has 2 aromatic heterocycles. The summed E-state index contributed by atoms with van der Waals surface area (Å²) in [7, 11) is 0. The Bertz CT molecular complexity index is 1120. The van der Waals surface area contributed by atoms with Gasteiger partial charge >= 0.3 is 0 Å². The van der Waals surface area contributed by atoms with Crippen molar-refractivity contribution in [3.05, 3.63) is 72.2 Å². The molecule has 3 heterocycles. The van der Waals surface area contributed by atoms with Crippen LogP contribution >= 0.6 is 0 Å². The average molecular weight is 344 g/mol. The molecule has 1 amide bonds. The van der Waals surface area contributed by atoms with Gasteiger partial charge in [-0.15, -0.1) is 0 Å². The molecule has 1 aliphatic heterocycles. The van der Waals surface area contributed by atoms with E-state index in [1.165, 1.54) is 11.1 Å². The van der Waals surface area contributed by atoms with Crippen LogP contribution in [0.1, 0.15) is 24.2 Å². The minimum atomic E-state index is 0.0983. The molecule has 4 heteroatoms. The number of carbonyl (C=O) groups is 1. The van der Waals surface area contributed by atoms with Crippen molar-refractivity contribution >= 4 is 27.6 Å². The maximum absolute atomic E-state index is 13.1. The van der Waals surface area contributed by atoms with Crippen LogP contribution in [0.25, 0.3) is 21.7 Å². The van der Waals surface area contributed by atoms with Crippen LogP contribution in [0, 0.1) is 0 Å². The number of aromatic nitrogens is 1. The topological polar surface area (TPSA) is 38.4 Å². The molecule has 0 saturated heterocycles. The fraction of sp³-hybridized carbons (Fsp3) is 0.227. The lowest BCUT2D eigenvalue weighted by molar-refractivity contribution is -0.133. The zero-order chi connectivity index (χ0) is 17.7. The van der Waals surface area contributed by atoms with E-state index in [1.807, 2.05) is 23.1 Å². The molecule has 4 nitrogen and oxygen atoms in total. The highest BCUT2D eigenvalue weighted by atomic mass is 16.3. The lowest BCUT2D eigenvalue weighted by Crippen LogP contribution is -2.41. The first-order valence-corrected chi connectivity index (χ1v) is 9.05. The highest BCUT2D eigenvalue weighted by Gasteiger charge is 2.28. The Kier molecular flexibility index (Phi) is 3.38. The quantitative estimate of drug-likeness (QED) is 0.536. The zero-order valence-corrected chi connectivity index (χ0v) is 14.7. The van der Waals surface area contributed by atoms with Gasteiger partial charge in [0.15, 0.2) is 0 Å². The number of rotatable bonds is 2. The second kappa shape index (κ2) is 5.77. The third-order valence-corrected chi connectivity index (χ3v) is 5.54. The van der Waals surface area contributed by atoms with Gasteiger partial charge in [-0.25, -0.2) is 0 Å². The van der Waals surface area contributed by atoms with Crippen LogP contribution in [-0.2, 0) is 17.8 Å². The van der Waals surface area contributed by atoms with Crippen molar-refractivity contribution in [2.75, 3.05) is 6.54 Å². The van der Waals surface area contributed by atoms with E-state index in [4.69, 9.17) is 4.42 Å². The predicted molar refractivity (Wildman–Crippen MR) is 102 cm³/mol. The Hall–Kier alpha value is -3.01. The molecule has 0 saturated carbocycles. The van der Waals surface area contributed by atoms with Gasteiger partial charge in [0.2, 0.25) is 5.91 Å². The minimum absolute atomic E-state index is 0.0983. The van der Waals surface area contributed by atoms with E-state index >= 15 is 0 Å². The molecule has 0 bridgehead atoms. The largest absolute Gasteiger partial charge is 0.464 e. The summed E-state index contributed by atoms with van der Waals surface area (Å²) >= 11 is 0. The standard InChI is InChI=1S/C22H20N2O2/c1-15-19-7-4-10-23(19)11-12-24(15)21(25)13-17-14-26-20-9-8-16-5-2-3-6-18(16)22(17)20/h2-10,14-15H,11-13H2,1H3. The lowest BCUT2D eigenvalue weighted by Gasteiger charge is -2.35. The first-order chi connectivity index (χ1) is 12.7. The summed E-state index contributed by atoms with van der Waals surface area (Å²) in [4.78, 5) is 15.0. The fourth-order valence-corrected chi connectivity index (χ4v) is 4.19. The third kappa shape index (κ3) is 2.25. The van der Waals surface area contributed by atoms with Crippen LogP contribution in [0.4, 0.5) is 0 Å². The van der Waals surface area contributed by atoms with Crippen molar-refractivity contribution in [2.24, 2.45) is 0 Å². The molecule has 0 spiro atoms. The molecule has 1 aliphatic rings. The Labute approximate surface area is 151 Å². The van der Waals surface area contributed by atoms with Crippen molar-refractivity contribution < 1.29 is 9.21 Å². The number of nitrogens with zero attached hydrogens (tertiary/aromatic N) is 2. The van der Waals surface area contributed by atoms with Crippen LogP contribution in [0.5, 0.6) is 0 Å². The molecule has 4 aromatic rings. The molecule has 26 heavy (non-hydrogen) atoms. The van der Waals surface area contributed by atoms with Crippen LogP contribution in [0.2, 0.25) is 0 Å². The third-order valence-electron chi connectivity index (χ3n) is 5.54. The molecule has 5 rings (SSSR count). The van der Waals surface area contributed by atoms with Crippen molar-refractivity contribution in [1.29, 1.82) is 0 Å². The first-order valence-electron chi connectivity index (χ1n) is 9.05. The van der Waals surface area contributed by atoms with Gasteiger partial charge in [-0.05, 0) is 35.9 Å². The van der Waals surface area contributed by atoms with Gasteiger partial charge < -0.3 is 13.9 Å². The number of amides is 1. The molecule has 0 fully saturated rings. The van der Waals surface area contributed by atoms with Crippen LogP contribution in [0.3, 0.4) is 0 Å². The van der Waals surface area contributed by atoms with Gasteiger partial charge in [0, 0.05) is 35.9 Å². The van der Waals surface area contributed by atoms with Gasteiger partial charge in [0.05, 0.1) is 18.7 Å². The Morgan fingerprint density at radius 3 is 2.92 bits per heavy atom. The van der Waals surface area contributed by atoms with Crippen molar-refractivity contribution in [2.45, 2.75) is 25.9 Å². The monoisotopic (exact) mass is 344 g/mol. The maximum atomic E-state index is 13.1. The van der Waals surface area contributed by atoms with Crippen molar-refractivity contribution in [3.8, 4) is 0 Å². The minimum Gasteiger partial charge on any atom is -0.464 e. The molecular weight excluding hydrogens is 324 g/mol. The Balaban J connectivity index is 1.50.